The fraction of sp³-hybridized carbons (Fsp3) is 0. The highest BCUT2D eigenvalue weighted by Gasteiger charge is 2.10. The minimum absolute atomic E-state index is 0.125. The Morgan fingerprint density at radius 2 is 1.76 bits per heavy atom. The van der Waals surface area contributed by atoms with E-state index in [2.05, 4.69) is 15.8 Å². The van der Waals surface area contributed by atoms with Gasteiger partial charge in [0.05, 0.1) is 6.26 Å². The Morgan fingerprint density at radius 3 is 2.41 bits per heavy atom. The van der Waals surface area contributed by atoms with Crippen LogP contribution >= 0.6 is 0 Å². The molecule has 0 saturated heterocycles. The van der Waals surface area contributed by atoms with Gasteiger partial charge in [-0.1, -0.05) is 0 Å². The highest BCUT2D eigenvalue weighted by atomic mass is 16.3. The SMILES string of the molecule is O=C(NNC(=O)c1ccco1)c1ccncc1. The summed E-state index contributed by atoms with van der Waals surface area (Å²) in [6.45, 7) is 0. The van der Waals surface area contributed by atoms with Crippen molar-refractivity contribution in [3.05, 3.63) is 54.2 Å². The molecule has 2 N–H and O–H groups in total. The summed E-state index contributed by atoms with van der Waals surface area (Å²) in [5.41, 5.74) is 4.89. The standard InChI is InChI=1S/C11H9N3O3/c15-10(8-3-5-12-6-4-8)13-14-11(16)9-2-1-7-17-9/h1-7H,(H,13,15)(H,14,16). The summed E-state index contributed by atoms with van der Waals surface area (Å²) in [7, 11) is 0. The molecule has 0 aromatic carbocycles. The van der Waals surface area contributed by atoms with E-state index in [1.165, 1.54) is 36.9 Å². The second-order valence-electron chi connectivity index (χ2n) is 3.12. The zero-order chi connectivity index (χ0) is 12.1. The van der Waals surface area contributed by atoms with Gasteiger partial charge in [0.15, 0.2) is 5.76 Å². The third kappa shape index (κ3) is 2.69. The molecule has 0 aliphatic carbocycles. The largest absolute Gasteiger partial charge is 0.459 e. The second-order valence-corrected chi connectivity index (χ2v) is 3.12. The third-order valence-electron chi connectivity index (χ3n) is 1.98. The monoisotopic (exact) mass is 231 g/mol. The molecule has 86 valence electrons. The predicted octanol–water partition coefficient (Wildman–Crippen LogP) is 0.749. The summed E-state index contributed by atoms with van der Waals surface area (Å²) in [6.07, 6.45) is 4.35. The number of furan rings is 1. The summed E-state index contributed by atoms with van der Waals surface area (Å²) in [5.74, 6) is -0.815. The Morgan fingerprint density at radius 1 is 1.06 bits per heavy atom. The summed E-state index contributed by atoms with van der Waals surface area (Å²) in [5, 5.41) is 0. The van der Waals surface area contributed by atoms with Gasteiger partial charge in [0.2, 0.25) is 0 Å². The van der Waals surface area contributed by atoms with Crippen LogP contribution in [0.5, 0.6) is 0 Å². The van der Waals surface area contributed by atoms with Crippen molar-refractivity contribution in [3.63, 3.8) is 0 Å². The molecule has 2 heterocycles. The van der Waals surface area contributed by atoms with Crippen LogP contribution in [0.15, 0.2) is 47.3 Å². The quantitative estimate of drug-likeness (QED) is 0.747. The van der Waals surface area contributed by atoms with E-state index >= 15 is 0 Å². The number of rotatable bonds is 2. The normalized spacial score (nSPS) is 9.65. The van der Waals surface area contributed by atoms with Crippen LogP contribution in [0, 0.1) is 0 Å². The second kappa shape index (κ2) is 4.93. The first-order chi connectivity index (χ1) is 8.27. The van der Waals surface area contributed by atoms with E-state index in [1.54, 1.807) is 6.07 Å². The van der Waals surface area contributed by atoms with E-state index in [-0.39, 0.29) is 5.76 Å². The number of amides is 2. The van der Waals surface area contributed by atoms with Crippen molar-refractivity contribution in [2.24, 2.45) is 0 Å². The van der Waals surface area contributed by atoms with Crippen molar-refractivity contribution < 1.29 is 14.0 Å². The van der Waals surface area contributed by atoms with E-state index in [4.69, 9.17) is 4.42 Å². The minimum Gasteiger partial charge on any atom is -0.459 e. The van der Waals surface area contributed by atoms with E-state index in [9.17, 15) is 9.59 Å². The third-order valence-corrected chi connectivity index (χ3v) is 1.98. The van der Waals surface area contributed by atoms with Crippen molar-refractivity contribution in [1.82, 2.24) is 15.8 Å². The summed E-state index contributed by atoms with van der Waals surface area (Å²) >= 11 is 0. The van der Waals surface area contributed by atoms with Crippen molar-refractivity contribution >= 4 is 11.8 Å². The first kappa shape index (κ1) is 10.9. The number of pyridine rings is 1. The van der Waals surface area contributed by atoms with Gasteiger partial charge >= 0.3 is 5.91 Å². The number of hydrogen-bond acceptors (Lipinski definition) is 4. The molecule has 0 aliphatic rings. The van der Waals surface area contributed by atoms with E-state index in [0.29, 0.717) is 5.56 Å². The molecule has 17 heavy (non-hydrogen) atoms. The van der Waals surface area contributed by atoms with Crippen molar-refractivity contribution in [3.8, 4) is 0 Å². The molecule has 2 aromatic heterocycles. The molecule has 6 nitrogen and oxygen atoms in total. The molecule has 6 heteroatoms. The molecule has 0 bridgehead atoms. The van der Waals surface area contributed by atoms with Crippen molar-refractivity contribution in [1.29, 1.82) is 0 Å². The van der Waals surface area contributed by atoms with Crippen LogP contribution in [-0.4, -0.2) is 16.8 Å². The highest BCUT2D eigenvalue weighted by Crippen LogP contribution is 1.99. The maximum absolute atomic E-state index is 11.5. The number of carbonyl (C=O) groups is 2. The number of carbonyl (C=O) groups excluding carboxylic acids is 2. The Kier molecular flexibility index (Phi) is 3.15. The molecule has 0 spiro atoms. The Balaban J connectivity index is 1.91. The lowest BCUT2D eigenvalue weighted by atomic mass is 10.3. The Bertz CT molecular complexity index is 508. The maximum Gasteiger partial charge on any atom is 0.305 e. The number of nitrogens with one attached hydrogen (secondary N) is 2. The lowest BCUT2D eigenvalue weighted by molar-refractivity contribution is 0.0831. The fourth-order valence-electron chi connectivity index (χ4n) is 1.16. The van der Waals surface area contributed by atoms with E-state index in [0.717, 1.165) is 0 Å². The fourth-order valence-corrected chi connectivity index (χ4v) is 1.16. The van der Waals surface area contributed by atoms with Crippen LogP contribution in [-0.2, 0) is 0 Å². The Labute approximate surface area is 96.6 Å². The zero-order valence-corrected chi connectivity index (χ0v) is 8.71. The predicted molar refractivity (Wildman–Crippen MR) is 57.9 cm³/mol. The molecule has 0 fully saturated rings. The topological polar surface area (TPSA) is 84.2 Å². The van der Waals surface area contributed by atoms with Gasteiger partial charge < -0.3 is 4.42 Å². The van der Waals surface area contributed by atoms with E-state index in [1.807, 2.05) is 0 Å². The van der Waals surface area contributed by atoms with Crippen molar-refractivity contribution in [2.45, 2.75) is 0 Å². The molecule has 0 aliphatic heterocycles. The summed E-state index contributed by atoms with van der Waals surface area (Å²) < 4.78 is 4.86. The van der Waals surface area contributed by atoms with Crippen LogP contribution in [0.1, 0.15) is 20.9 Å². The number of hydrogen-bond donors (Lipinski definition) is 2. The van der Waals surface area contributed by atoms with E-state index < -0.39 is 11.8 Å². The van der Waals surface area contributed by atoms with Crippen LogP contribution in [0.25, 0.3) is 0 Å². The smallest absolute Gasteiger partial charge is 0.305 e. The first-order valence-electron chi connectivity index (χ1n) is 4.81. The lowest BCUT2D eigenvalue weighted by Crippen LogP contribution is -2.41. The van der Waals surface area contributed by atoms with Gasteiger partial charge in [0, 0.05) is 18.0 Å². The number of hydrazine groups is 1. The van der Waals surface area contributed by atoms with Crippen molar-refractivity contribution in [2.75, 3.05) is 0 Å². The van der Waals surface area contributed by atoms with Crippen LogP contribution in [0.2, 0.25) is 0 Å². The zero-order valence-electron chi connectivity index (χ0n) is 8.71. The molecule has 0 unspecified atom stereocenters. The molecule has 2 amide bonds. The van der Waals surface area contributed by atoms with Gasteiger partial charge in [0.25, 0.3) is 5.91 Å². The van der Waals surface area contributed by atoms with Crippen LogP contribution in [0.3, 0.4) is 0 Å². The lowest BCUT2D eigenvalue weighted by Gasteiger charge is -2.05. The highest BCUT2D eigenvalue weighted by molar-refractivity contribution is 5.97. The molecule has 2 rings (SSSR count). The average Bonchev–Trinajstić information content (AvgIpc) is 2.90. The first-order valence-corrected chi connectivity index (χ1v) is 4.81. The minimum atomic E-state index is -0.516. The molecule has 0 radical (unpaired) electrons. The maximum atomic E-state index is 11.5. The van der Waals surface area contributed by atoms with Crippen LogP contribution in [0.4, 0.5) is 0 Å². The molecule has 2 aromatic rings. The molecular formula is C11H9N3O3. The summed E-state index contributed by atoms with van der Waals surface area (Å²) in [6, 6.07) is 6.15. The number of nitrogens with zero attached hydrogens (tertiary/aromatic N) is 1. The van der Waals surface area contributed by atoms with Gasteiger partial charge in [-0.2, -0.15) is 0 Å². The van der Waals surface area contributed by atoms with Gasteiger partial charge in [-0.15, -0.1) is 0 Å². The van der Waals surface area contributed by atoms with Gasteiger partial charge in [-0.05, 0) is 24.3 Å². The number of aromatic nitrogens is 1. The van der Waals surface area contributed by atoms with Gasteiger partial charge in [0.1, 0.15) is 0 Å². The van der Waals surface area contributed by atoms with Gasteiger partial charge in [-0.25, -0.2) is 0 Å². The van der Waals surface area contributed by atoms with Gasteiger partial charge in [-0.3, -0.25) is 25.4 Å². The Hall–Kier alpha value is -2.63. The molecular weight excluding hydrogens is 222 g/mol. The molecule has 0 atom stereocenters. The summed E-state index contributed by atoms with van der Waals surface area (Å²) in [4.78, 5) is 26.7. The average molecular weight is 231 g/mol. The molecule has 0 saturated carbocycles. The van der Waals surface area contributed by atoms with Crippen LogP contribution < -0.4 is 10.9 Å².